The average Bonchev–Trinajstić information content (AvgIpc) is 3.15. The first-order valence-electron chi connectivity index (χ1n) is 7.10. The van der Waals surface area contributed by atoms with E-state index >= 15 is 0 Å². The van der Waals surface area contributed by atoms with Gasteiger partial charge in [-0.1, -0.05) is 12.8 Å². The van der Waals surface area contributed by atoms with E-state index in [1.54, 1.807) is 11.3 Å². The largest absolute Gasteiger partial charge is 0.313 e. The molecule has 0 spiro atoms. The molecule has 0 bridgehead atoms. The van der Waals surface area contributed by atoms with Crippen LogP contribution in [0.1, 0.15) is 49.0 Å². The van der Waals surface area contributed by atoms with Crippen LogP contribution in [-0.2, 0) is 6.42 Å². The Balaban J connectivity index is 1.69. The molecule has 0 radical (unpaired) electrons. The molecular formula is C15H21N3S. The van der Waals surface area contributed by atoms with Gasteiger partial charge in [0.2, 0.25) is 0 Å². The summed E-state index contributed by atoms with van der Waals surface area (Å²) in [5, 5.41) is 12.5. The zero-order valence-corrected chi connectivity index (χ0v) is 12.2. The van der Waals surface area contributed by atoms with Crippen LogP contribution in [0, 0.1) is 0 Å². The SMILES string of the molecule is CNC(Cc1ccn(C2CCCC2)n1)c1ccsc1. The van der Waals surface area contributed by atoms with Crippen molar-refractivity contribution in [3.05, 3.63) is 40.3 Å². The van der Waals surface area contributed by atoms with E-state index in [1.165, 1.54) is 36.9 Å². The molecule has 1 saturated carbocycles. The second-order valence-corrected chi connectivity index (χ2v) is 6.11. The van der Waals surface area contributed by atoms with Crippen molar-refractivity contribution in [2.24, 2.45) is 0 Å². The van der Waals surface area contributed by atoms with Crippen LogP contribution in [0.3, 0.4) is 0 Å². The van der Waals surface area contributed by atoms with Crippen molar-refractivity contribution in [3.8, 4) is 0 Å². The third-order valence-corrected chi connectivity index (χ3v) is 4.77. The summed E-state index contributed by atoms with van der Waals surface area (Å²) in [6.07, 6.45) is 8.42. The first-order valence-corrected chi connectivity index (χ1v) is 8.04. The van der Waals surface area contributed by atoms with Crippen molar-refractivity contribution in [1.29, 1.82) is 0 Å². The molecule has 0 aromatic carbocycles. The number of nitrogens with zero attached hydrogens (tertiary/aromatic N) is 2. The van der Waals surface area contributed by atoms with E-state index < -0.39 is 0 Å². The Morgan fingerprint density at radius 2 is 2.26 bits per heavy atom. The van der Waals surface area contributed by atoms with Crippen LogP contribution in [0.5, 0.6) is 0 Å². The van der Waals surface area contributed by atoms with E-state index in [0.29, 0.717) is 12.1 Å². The minimum atomic E-state index is 0.373. The number of thiophene rings is 1. The molecule has 1 aliphatic rings. The molecule has 1 N–H and O–H groups in total. The van der Waals surface area contributed by atoms with Gasteiger partial charge in [0, 0.05) is 18.7 Å². The number of hydrogen-bond donors (Lipinski definition) is 1. The summed E-state index contributed by atoms with van der Waals surface area (Å²) in [6.45, 7) is 0. The molecule has 1 unspecified atom stereocenters. The van der Waals surface area contributed by atoms with Gasteiger partial charge < -0.3 is 5.32 Å². The Labute approximate surface area is 118 Å². The highest BCUT2D eigenvalue weighted by molar-refractivity contribution is 7.07. The molecule has 1 aliphatic carbocycles. The van der Waals surface area contributed by atoms with Crippen LogP contribution in [0.25, 0.3) is 0 Å². The van der Waals surface area contributed by atoms with E-state index in [1.807, 2.05) is 7.05 Å². The summed E-state index contributed by atoms with van der Waals surface area (Å²) < 4.78 is 2.18. The van der Waals surface area contributed by atoms with E-state index in [9.17, 15) is 0 Å². The monoisotopic (exact) mass is 275 g/mol. The lowest BCUT2D eigenvalue weighted by atomic mass is 10.1. The summed E-state index contributed by atoms with van der Waals surface area (Å²) in [7, 11) is 2.02. The van der Waals surface area contributed by atoms with Crippen LogP contribution in [-0.4, -0.2) is 16.8 Å². The number of hydrogen-bond acceptors (Lipinski definition) is 3. The molecule has 0 amide bonds. The van der Waals surface area contributed by atoms with E-state index in [0.717, 1.165) is 6.42 Å². The smallest absolute Gasteiger partial charge is 0.0643 e. The summed E-state index contributed by atoms with van der Waals surface area (Å²) in [6, 6.07) is 5.38. The van der Waals surface area contributed by atoms with Gasteiger partial charge in [0.05, 0.1) is 11.7 Å². The topological polar surface area (TPSA) is 29.9 Å². The quantitative estimate of drug-likeness (QED) is 0.904. The van der Waals surface area contributed by atoms with Gasteiger partial charge in [0.15, 0.2) is 0 Å². The highest BCUT2D eigenvalue weighted by Crippen LogP contribution is 2.29. The Bertz CT molecular complexity index is 497. The molecule has 19 heavy (non-hydrogen) atoms. The Morgan fingerprint density at radius 3 is 2.95 bits per heavy atom. The lowest BCUT2D eigenvalue weighted by molar-refractivity contribution is 0.459. The lowest BCUT2D eigenvalue weighted by Gasteiger charge is -2.13. The number of aromatic nitrogens is 2. The van der Waals surface area contributed by atoms with Gasteiger partial charge in [-0.2, -0.15) is 16.4 Å². The van der Waals surface area contributed by atoms with Gasteiger partial charge in [0.25, 0.3) is 0 Å². The van der Waals surface area contributed by atoms with Crippen LogP contribution < -0.4 is 5.32 Å². The van der Waals surface area contributed by atoms with Crippen molar-refractivity contribution < 1.29 is 0 Å². The maximum Gasteiger partial charge on any atom is 0.0643 e. The third kappa shape index (κ3) is 2.90. The second kappa shape index (κ2) is 5.88. The van der Waals surface area contributed by atoms with Gasteiger partial charge in [-0.3, -0.25) is 4.68 Å². The van der Waals surface area contributed by atoms with Crippen LogP contribution >= 0.6 is 11.3 Å². The normalized spacial score (nSPS) is 17.9. The minimum Gasteiger partial charge on any atom is -0.313 e. The molecule has 1 atom stereocenters. The maximum absolute atomic E-state index is 4.77. The number of rotatable bonds is 5. The zero-order chi connectivity index (χ0) is 13.1. The molecule has 3 nitrogen and oxygen atoms in total. The molecule has 1 fully saturated rings. The van der Waals surface area contributed by atoms with Crippen molar-refractivity contribution in [2.45, 2.75) is 44.2 Å². The van der Waals surface area contributed by atoms with Gasteiger partial charge >= 0.3 is 0 Å². The highest BCUT2D eigenvalue weighted by Gasteiger charge is 2.18. The van der Waals surface area contributed by atoms with Crippen molar-refractivity contribution in [2.75, 3.05) is 7.05 Å². The lowest BCUT2D eigenvalue weighted by Crippen LogP contribution is -2.18. The van der Waals surface area contributed by atoms with Crippen molar-refractivity contribution in [3.63, 3.8) is 0 Å². The Hall–Kier alpha value is -1.13. The summed E-state index contributed by atoms with van der Waals surface area (Å²) in [5.74, 6) is 0. The summed E-state index contributed by atoms with van der Waals surface area (Å²) >= 11 is 1.75. The zero-order valence-electron chi connectivity index (χ0n) is 11.4. The fourth-order valence-electron chi connectivity index (χ4n) is 2.93. The fraction of sp³-hybridized carbons (Fsp3) is 0.533. The van der Waals surface area contributed by atoms with Crippen LogP contribution in [0.2, 0.25) is 0 Å². The maximum atomic E-state index is 4.77. The van der Waals surface area contributed by atoms with Gasteiger partial charge in [-0.05, 0) is 48.3 Å². The van der Waals surface area contributed by atoms with Crippen LogP contribution in [0.15, 0.2) is 29.1 Å². The summed E-state index contributed by atoms with van der Waals surface area (Å²) in [5.41, 5.74) is 2.56. The van der Waals surface area contributed by atoms with Crippen LogP contribution in [0.4, 0.5) is 0 Å². The van der Waals surface area contributed by atoms with Crippen molar-refractivity contribution >= 4 is 11.3 Å². The van der Waals surface area contributed by atoms with Crippen molar-refractivity contribution in [1.82, 2.24) is 15.1 Å². The predicted octanol–water partition coefficient (Wildman–Crippen LogP) is 3.56. The molecule has 0 aliphatic heterocycles. The number of likely N-dealkylation sites (N-methyl/N-ethyl adjacent to an activating group) is 1. The molecule has 102 valence electrons. The minimum absolute atomic E-state index is 0.373. The van der Waals surface area contributed by atoms with Gasteiger partial charge in [-0.25, -0.2) is 0 Å². The predicted molar refractivity (Wildman–Crippen MR) is 79.6 cm³/mol. The first-order chi connectivity index (χ1) is 9.36. The second-order valence-electron chi connectivity index (χ2n) is 5.33. The fourth-order valence-corrected chi connectivity index (χ4v) is 3.64. The Kier molecular flexibility index (Phi) is 3.99. The summed E-state index contributed by atoms with van der Waals surface area (Å²) in [4.78, 5) is 0. The standard InChI is InChI=1S/C15H21N3S/c1-16-15(12-7-9-19-11-12)10-13-6-8-18(17-13)14-4-2-3-5-14/h6-9,11,14-16H,2-5,10H2,1H3. The number of nitrogens with one attached hydrogen (secondary N) is 1. The van der Waals surface area contributed by atoms with Gasteiger partial charge in [-0.15, -0.1) is 0 Å². The Morgan fingerprint density at radius 1 is 1.42 bits per heavy atom. The molecule has 2 aromatic heterocycles. The molecular weight excluding hydrogens is 254 g/mol. The highest BCUT2D eigenvalue weighted by atomic mass is 32.1. The molecule has 2 aromatic rings. The molecule has 2 heterocycles. The van der Waals surface area contributed by atoms with E-state index in [4.69, 9.17) is 5.10 Å². The molecule has 4 heteroatoms. The molecule has 3 rings (SSSR count). The van der Waals surface area contributed by atoms with E-state index in [2.05, 4.69) is 39.1 Å². The first kappa shape index (κ1) is 12.9. The third-order valence-electron chi connectivity index (χ3n) is 4.07. The average molecular weight is 275 g/mol. The van der Waals surface area contributed by atoms with Gasteiger partial charge in [0.1, 0.15) is 0 Å². The molecule has 0 saturated heterocycles. The van der Waals surface area contributed by atoms with E-state index in [-0.39, 0.29) is 0 Å².